The second kappa shape index (κ2) is 7.25. The highest BCUT2D eigenvalue weighted by molar-refractivity contribution is 5.99. The molecule has 0 aromatic heterocycles. The van der Waals surface area contributed by atoms with E-state index in [0.29, 0.717) is 24.3 Å². The van der Waals surface area contributed by atoms with Gasteiger partial charge >= 0.3 is 0 Å². The van der Waals surface area contributed by atoms with Crippen LogP contribution in [0.2, 0.25) is 0 Å². The summed E-state index contributed by atoms with van der Waals surface area (Å²) in [5.41, 5.74) is 1.30. The monoisotopic (exact) mass is 343 g/mol. The van der Waals surface area contributed by atoms with Gasteiger partial charge in [-0.2, -0.15) is 0 Å². The molecule has 2 aliphatic rings. The van der Waals surface area contributed by atoms with Gasteiger partial charge < -0.3 is 15.5 Å². The van der Waals surface area contributed by atoms with E-state index in [-0.39, 0.29) is 29.6 Å². The third-order valence-electron chi connectivity index (χ3n) is 4.69. The van der Waals surface area contributed by atoms with E-state index in [1.165, 1.54) is 0 Å². The van der Waals surface area contributed by atoms with Crippen molar-refractivity contribution < 1.29 is 14.4 Å². The second-order valence-electron chi connectivity index (χ2n) is 7.21. The zero-order valence-electron chi connectivity index (χ0n) is 14.7. The van der Waals surface area contributed by atoms with Crippen molar-refractivity contribution >= 4 is 29.1 Å². The lowest BCUT2D eigenvalue weighted by molar-refractivity contribution is -0.136. The molecule has 6 heteroatoms. The van der Waals surface area contributed by atoms with E-state index >= 15 is 0 Å². The van der Waals surface area contributed by atoms with Crippen molar-refractivity contribution in [2.45, 2.75) is 45.6 Å². The number of carbonyl (C=O) groups is 3. The Balaban J connectivity index is 1.68. The molecule has 134 valence electrons. The van der Waals surface area contributed by atoms with Crippen molar-refractivity contribution in [1.29, 1.82) is 0 Å². The van der Waals surface area contributed by atoms with Crippen LogP contribution in [0.1, 0.15) is 39.5 Å². The number of anilines is 2. The van der Waals surface area contributed by atoms with Crippen LogP contribution in [0.4, 0.5) is 11.4 Å². The van der Waals surface area contributed by atoms with Crippen LogP contribution in [0, 0.1) is 11.8 Å². The summed E-state index contributed by atoms with van der Waals surface area (Å²) >= 11 is 0. The zero-order chi connectivity index (χ0) is 18.0. The zero-order valence-corrected chi connectivity index (χ0v) is 14.7. The minimum Gasteiger partial charge on any atom is -0.330 e. The minimum absolute atomic E-state index is 0.0276. The molecule has 0 bridgehead atoms. The van der Waals surface area contributed by atoms with Gasteiger partial charge in [0.25, 0.3) is 0 Å². The molecule has 3 rings (SSSR count). The Morgan fingerprint density at radius 2 is 1.84 bits per heavy atom. The molecule has 1 aliphatic heterocycles. The lowest BCUT2D eigenvalue weighted by Gasteiger charge is -2.29. The molecule has 1 aliphatic carbocycles. The maximum Gasteiger partial charge on any atom is 0.247 e. The van der Waals surface area contributed by atoms with Crippen LogP contribution >= 0.6 is 0 Å². The fraction of sp³-hybridized carbons (Fsp3) is 0.526. The van der Waals surface area contributed by atoms with Gasteiger partial charge in [0.15, 0.2) is 0 Å². The van der Waals surface area contributed by atoms with Crippen LogP contribution in [0.5, 0.6) is 0 Å². The number of nitrogens with zero attached hydrogens (tertiary/aromatic N) is 1. The van der Waals surface area contributed by atoms with Gasteiger partial charge in [0, 0.05) is 30.3 Å². The van der Waals surface area contributed by atoms with Crippen molar-refractivity contribution in [1.82, 2.24) is 4.90 Å². The van der Waals surface area contributed by atoms with Crippen molar-refractivity contribution in [2.75, 3.05) is 17.2 Å². The van der Waals surface area contributed by atoms with Gasteiger partial charge in [-0.3, -0.25) is 14.4 Å². The lowest BCUT2D eigenvalue weighted by Crippen LogP contribution is -2.47. The van der Waals surface area contributed by atoms with Crippen LogP contribution in [0.3, 0.4) is 0 Å². The Morgan fingerprint density at radius 1 is 1.16 bits per heavy atom. The first-order valence-corrected chi connectivity index (χ1v) is 8.97. The van der Waals surface area contributed by atoms with E-state index in [4.69, 9.17) is 0 Å². The van der Waals surface area contributed by atoms with Gasteiger partial charge in [0.05, 0.1) is 0 Å². The van der Waals surface area contributed by atoms with Gasteiger partial charge in [0.1, 0.15) is 6.04 Å². The first kappa shape index (κ1) is 17.5. The van der Waals surface area contributed by atoms with Crippen molar-refractivity contribution in [3.8, 4) is 0 Å². The predicted molar refractivity (Wildman–Crippen MR) is 96.0 cm³/mol. The van der Waals surface area contributed by atoms with Crippen molar-refractivity contribution in [3.05, 3.63) is 24.3 Å². The SMILES string of the molecule is CC(C)C(C(=O)Nc1cccc(NC(=O)C2CC2)c1)N1CCCC1=O. The Hall–Kier alpha value is -2.37. The highest BCUT2D eigenvalue weighted by Crippen LogP contribution is 2.30. The third-order valence-corrected chi connectivity index (χ3v) is 4.69. The molecule has 1 unspecified atom stereocenters. The minimum atomic E-state index is -0.472. The Morgan fingerprint density at radius 3 is 2.40 bits per heavy atom. The summed E-state index contributed by atoms with van der Waals surface area (Å²) in [5, 5.41) is 5.77. The lowest BCUT2D eigenvalue weighted by atomic mass is 10.0. The molecule has 25 heavy (non-hydrogen) atoms. The van der Waals surface area contributed by atoms with Crippen LogP contribution in [-0.2, 0) is 14.4 Å². The molecule has 1 saturated carbocycles. The molecule has 1 atom stereocenters. The van der Waals surface area contributed by atoms with E-state index < -0.39 is 6.04 Å². The summed E-state index contributed by atoms with van der Waals surface area (Å²) in [7, 11) is 0. The smallest absolute Gasteiger partial charge is 0.247 e. The third kappa shape index (κ3) is 4.18. The second-order valence-corrected chi connectivity index (χ2v) is 7.21. The van der Waals surface area contributed by atoms with Crippen LogP contribution in [0.25, 0.3) is 0 Å². The molecule has 3 amide bonds. The van der Waals surface area contributed by atoms with Gasteiger partial charge in [-0.25, -0.2) is 0 Å². The summed E-state index contributed by atoms with van der Waals surface area (Å²) in [5.74, 6) is 0.0472. The number of nitrogens with one attached hydrogen (secondary N) is 2. The number of amides is 3. The van der Waals surface area contributed by atoms with Crippen LogP contribution in [-0.4, -0.2) is 35.2 Å². The molecule has 1 aromatic rings. The van der Waals surface area contributed by atoms with E-state index in [2.05, 4.69) is 10.6 Å². The number of hydrogen-bond acceptors (Lipinski definition) is 3. The first-order chi connectivity index (χ1) is 12.0. The number of benzene rings is 1. The molecular formula is C19H25N3O3. The topological polar surface area (TPSA) is 78.5 Å². The number of carbonyl (C=O) groups excluding carboxylic acids is 3. The highest BCUT2D eigenvalue weighted by Gasteiger charge is 2.35. The number of likely N-dealkylation sites (tertiary alicyclic amines) is 1. The average Bonchev–Trinajstić information content (AvgIpc) is 3.32. The summed E-state index contributed by atoms with van der Waals surface area (Å²) in [6, 6.07) is 6.67. The van der Waals surface area contributed by atoms with Crippen LogP contribution < -0.4 is 10.6 Å². The molecule has 1 saturated heterocycles. The van der Waals surface area contributed by atoms with E-state index in [1.54, 1.807) is 29.2 Å². The maximum absolute atomic E-state index is 12.7. The van der Waals surface area contributed by atoms with E-state index in [1.807, 2.05) is 13.8 Å². The standard InChI is InChI=1S/C19H25N3O3/c1-12(2)17(22-10-4-7-16(22)23)19(25)21-15-6-3-5-14(11-15)20-18(24)13-8-9-13/h3,5-6,11-13,17H,4,7-10H2,1-2H3,(H,20,24)(H,21,25). The predicted octanol–water partition coefficient (Wildman–Crippen LogP) is 2.62. The molecule has 6 nitrogen and oxygen atoms in total. The van der Waals surface area contributed by atoms with Gasteiger partial charge in [-0.15, -0.1) is 0 Å². The molecule has 0 spiro atoms. The summed E-state index contributed by atoms with van der Waals surface area (Å²) in [4.78, 5) is 38.3. The molecular weight excluding hydrogens is 318 g/mol. The largest absolute Gasteiger partial charge is 0.330 e. The maximum atomic E-state index is 12.7. The van der Waals surface area contributed by atoms with Gasteiger partial charge in [-0.05, 0) is 43.4 Å². The Kier molecular flexibility index (Phi) is 5.06. The van der Waals surface area contributed by atoms with E-state index in [0.717, 1.165) is 19.3 Å². The Labute approximate surface area is 148 Å². The normalized spacial score (nSPS) is 18.4. The van der Waals surface area contributed by atoms with Gasteiger partial charge in [-0.1, -0.05) is 19.9 Å². The number of hydrogen-bond donors (Lipinski definition) is 2. The average molecular weight is 343 g/mol. The quantitative estimate of drug-likeness (QED) is 0.833. The Bertz CT molecular complexity index is 682. The first-order valence-electron chi connectivity index (χ1n) is 8.97. The molecule has 2 fully saturated rings. The van der Waals surface area contributed by atoms with Crippen LogP contribution in [0.15, 0.2) is 24.3 Å². The molecule has 1 aromatic carbocycles. The summed E-state index contributed by atoms with van der Waals surface area (Å²) < 4.78 is 0. The van der Waals surface area contributed by atoms with Crippen molar-refractivity contribution in [2.24, 2.45) is 11.8 Å². The number of rotatable bonds is 6. The molecule has 2 N–H and O–H groups in total. The van der Waals surface area contributed by atoms with Gasteiger partial charge in [0.2, 0.25) is 17.7 Å². The fourth-order valence-electron chi connectivity index (χ4n) is 3.25. The molecule has 0 radical (unpaired) electrons. The summed E-state index contributed by atoms with van der Waals surface area (Å²) in [6.45, 7) is 4.52. The fourth-order valence-corrected chi connectivity index (χ4v) is 3.25. The highest BCUT2D eigenvalue weighted by atomic mass is 16.2. The van der Waals surface area contributed by atoms with E-state index in [9.17, 15) is 14.4 Å². The summed E-state index contributed by atoms with van der Waals surface area (Å²) in [6.07, 6.45) is 3.21. The van der Waals surface area contributed by atoms with Crippen molar-refractivity contribution in [3.63, 3.8) is 0 Å². The molecule has 1 heterocycles.